The molecule has 0 spiro atoms. The molecule has 2 radical (unpaired) electrons. The summed E-state index contributed by atoms with van der Waals surface area (Å²) in [5.74, 6) is -0.301. The maximum absolute atomic E-state index is 11.7. The van der Waals surface area contributed by atoms with E-state index in [1.54, 1.807) is 24.3 Å². The first-order valence-electron chi connectivity index (χ1n) is 3.93. The van der Waals surface area contributed by atoms with Gasteiger partial charge in [-0.25, -0.2) is 4.39 Å². The molecule has 0 aromatic heterocycles. The van der Waals surface area contributed by atoms with Gasteiger partial charge in [-0.3, -0.25) is 4.79 Å². The molecule has 2 nitrogen and oxygen atoms in total. The summed E-state index contributed by atoms with van der Waals surface area (Å²) in [7, 11) is 0. The van der Waals surface area contributed by atoms with Gasteiger partial charge in [0, 0.05) is 12.1 Å². The zero-order chi connectivity index (χ0) is 9.68. The SMILES string of the molecule is [CH]c1cccc(C(=O)NCCF)c1. The molecule has 1 N–H and O–H groups in total. The van der Waals surface area contributed by atoms with Crippen molar-refractivity contribution in [2.75, 3.05) is 13.2 Å². The van der Waals surface area contributed by atoms with Crippen LogP contribution in [0.3, 0.4) is 0 Å². The molecule has 0 saturated carbocycles. The van der Waals surface area contributed by atoms with Crippen molar-refractivity contribution in [3.63, 3.8) is 0 Å². The molecule has 0 atom stereocenters. The number of rotatable bonds is 3. The number of halogens is 1. The van der Waals surface area contributed by atoms with Gasteiger partial charge in [0.05, 0.1) is 0 Å². The molecular formula is C10H10FNO. The summed E-state index contributed by atoms with van der Waals surface area (Å²) in [5.41, 5.74) is 0.973. The minimum Gasteiger partial charge on any atom is -0.349 e. The Hall–Kier alpha value is -1.38. The standard InChI is InChI=1S/C10H10FNO/c1-8-3-2-4-9(7-8)10(13)12-6-5-11/h1-4,7H,5-6H2,(H,12,13). The van der Waals surface area contributed by atoms with E-state index < -0.39 is 6.67 Å². The van der Waals surface area contributed by atoms with Gasteiger partial charge < -0.3 is 5.32 Å². The Kier molecular flexibility index (Phi) is 3.43. The van der Waals surface area contributed by atoms with Crippen molar-refractivity contribution >= 4 is 5.91 Å². The second-order valence-corrected chi connectivity index (χ2v) is 2.57. The van der Waals surface area contributed by atoms with Crippen LogP contribution in [-0.2, 0) is 0 Å². The molecule has 13 heavy (non-hydrogen) atoms. The van der Waals surface area contributed by atoms with Crippen LogP contribution in [0.1, 0.15) is 15.9 Å². The molecule has 0 aliphatic carbocycles. The summed E-state index contributed by atoms with van der Waals surface area (Å²) in [6, 6.07) is 6.54. The summed E-state index contributed by atoms with van der Waals surface area (Å²) in [4.78, 5) is 11.2. The second-order valence-electron chi connectivity index (χ2n) is 2.57. The van der Waals surface area contributed by atoms with E-state index in [1.807, 2.05) is 0 Å². The average molecular weight is 179 g/mol. The normalized spacial score (nSPS) is 9.69. The van der Waals surface area contributed by atoms with Gasteiger partial charge in [-0.1, -0.05) is 12.1 Å². The highest BCUT2D eigenvalue weighted by Gasteiger charge is 2.03. The van der Waals surface area contributed by atoms with E-state index in [9.17, 15) is 9.18 Å². The van der Waals surface area contributed by atoms with Gasteiger partial charge in [0.15, 0.2) is 0 Å². The Morgan fingerprint density at radius 3 is 2.92 bits per heavy atom. The molecule has 1 aromatic rings. The fourth-order valence-corrected chi connectivity index (χ4v) is 0.943. The topological polar surface area (TPSA) is 29.1 Å². The predicted octanol–water partition coefficient (Wildman–Crippen LogP) is 1.45. The molecule has 0 bridgehead atoms. The molecule has 1 amide bonds. The third kappa shape index (κ3) is 2.86. The number of carbonyl (C=O) groups is 1. The van der Waals surface area contributed by atoms with Crippen LogP contribution in [0.5, 0.6) is 0 Å². The fraction of sp³-hybridized carbons (Fsp3) is 0.200. The van der Waals surface area contributed by atoms with Gasteiger partial charge in [0.1, 0.15) is 6.67 Å². The van der Waals surface area contributed by atoms with E-state index in [1.165, 1.54) is 0 Å². The molecule has 68 valence electrons. The van der Waals surface area contributed by atoms with Gasteiger partial charge in [-0.05, 0) is 24.6 Å². The highest BCUT2D eigenvalue weighted by atomic mass is 19.1. The minimum absolute atomic E-state index is 0.0353. The van der Waals surface area contributed by atoms with Crippen LogP contribution in [0.15, 0.2) is 24.3 Å². The van der Waals surface area contributed by atoms with Crippen molar-refractivity contribution in [2.24, 2.45) is 0 Å². The first-order valence-corrected chi connectivity index (χ1v) is 3.93. The van der Waals surface area contributed by atoms with Crippen molar-refractivity contribution in [1.29, 1.82) is 0 Å². The number of hydrogen-bond donors (Lipinski definition) is 1. The molecule has 3 heteroatoms. The quantitative estimate of drug-likeness (QED) is 0.747. The van der Waals surface area contributed by atoms with E-state index >= 15 is 0 Å². The summed E-state index contributed by atoms with van der Waals surface area (Å²) in [5, 5.41) is 2.41. The fourth-order valence-electron chi connectivity index (χ4n) is 0.943. The monoisotopic (exact) mass is 179 g/mol. The highest BCUT2D eigenvalue weighted by molar-refractivity contribution is 5.94. The van der Waals surface area contributed by atoms with Gasteiger partial charge in [0.25, 0.3) is 5.91 Å². The maximum atomic E-state index is 11.7. The van der Waals surface area contributed by atoms with Crippen LogP contribution >= 0.6 is 0 Å². The van der Waals surface area contributed by atoms with Crippen LogP contribution in [-0.4, -0.2) is 19.1 Å². The summed E-state index contributed by atoms with van der Waals surface area (Å²) < 4.78 is 11.7. The Bertz CT molecular complexity index is 299. The van der Waals surface area contributed by atoms with Crippen molar-refractivity contribution in [3.8, 4) is 0 Å². The number of alkyl halides is 1. The van der Waals surface area contributed by atoms with Crippen LogP contribution < -0.4 is 5.32 Å². The molecule has 0 fully saturated rings. The lowest BCUT2D eigenvalue weighted by Crippen LogP contribution is -2.25. The average Bonchev–Trinajstić information content (AvgIpc) is 2.14. The van der Waals surface area contributed by atoms with Gasteiger partial charge >= 0.3 is 0 Å². The van der Waals surface area contributed by atoms with Crippen LogP contribution in [0.2, 0.25) is 0 Å². The predicted molar refractivity (Wildman–Crippen MR) is 48.2 cm³/mol. The highest BCUT2D eigenvalue weighted by Crippen LogP contribution is 2.03. The number of amides is 1. The van der Waals surface area contributed by atoms with Gasteiger partial charge in [-0.2, -0.15) is 0 Å². The summed E-state index contributed by atoms with van der Waals surface area (Å²) in [6.45, 7) is 4.94. The Labute approximate surface area is 76.8 Å². The van der Waals surface area contributed by atoms with E-state index in [4.69, 9.17) is 6.92 Å². The van der Waals surface area contributed by atoms with Crippen LogP contribution in [0, 0.1) is 6.92 Å². The lowest BCUT2D eigenvalue weighted by atomic mass is 10.1. The first-order chi connectivity index (χ1) is 6.24. The second kappa shape index (κ2) is 4.60. The van der Waals surface area contributed by atoms with E-state index in [0.717, 1.165) is 0 Å². The number of carbonyl (C=O) groups excluding carboxylic acids is 1. The van der Waals surface area contributed by atoms with Gasteiger partial charge in [0.2, 0.25) is 0 Å². The first kappa shape index (κ1) is 9.71. The minimum atomic E-state index is -0.561. The smallest absolute Gasteiger partial charge is 0.251 e. The lowest BCUT2D eigenvalue weighted by molar-refractivity contribution is 0.0951. The molecule has 0 aliphatic rings. The zero-order valence-electron chi connectivity index (χ0n) is 7.09. The zero-order valence-corrected chi connectivity index (χ0v) is 7.09. The largest absolute Gasteiger partial charge is 0.349 e. The Morgan fingerprint density at radius 2 is 2.31 bits per heavy atom. The number of hydrogen-bond acceptors (Lipinski definition) is 1. The van der Waals surface area contributed by atoms with E-state index in [-0.39, 0.29) is 12.5 Å². The molecule has 1 rings (SSSR count). The van der Waals surface area contributed by atoms with E-state index in [0.29, 0.717) is 11.1 Å². The Balaban J connectivity index is 2.66. The molecule has 0 saturated heterocycles. The summed E-state index contributed by atoms with van der Waals surface area (Å²) in [6.07, 6.45) is 0. The van der Waals surface area contributed by atoms with E-state index in [2.05, 4.69) is 5.32 Å². The third-order valence-corrected chi connectivity index (χ3v) is 1.53. The Morgan fingerprint density at radius 1 is 1.54 bits per heavy atom. The lowest BCUT2D eigenvalue weighted by Gasteiger charge is -2.02. The molecule has 0 unspecified atom stereocenters. The van der Waals surface area contributed by atoms with Crippen molar-refractivity contribution in [1.82, 2.24) is 5.32 Å². The molecular weight excluding hydrogens is 169 g/mol. The molecule has 1 aromatic carbocycles. The van der Waals surface area contributed by atoms with Crippen molar-refractivity contribution < 1.29 is 9.18 Å². The summed E-state index contributed by atoms with van der Waals surface area (Å²) >= 11 is 0. The molecule has 0 aliphatic heterocycles. The molecule has 0 heterocycles. The van der Waals surface area contributed by atoms with Crippen LogP contribution in [0.4, 0.5) is 4.39 Å². The maximum Gasteiger partial charge on any atom is 0.251 e. The van der Waals surface area contributed by atoms with Gasteiger partial charge in [-0.15, -0.1) is 0 Å². The van der Waals surface area contributed by atoms with Crippen LogP contribution in [0.25, 0.3) is 0 Å². The van der Waals surface area contributed by atoms with Crippen molar-refractivity contribution in [2.45, 2.75) is 0 Å². The number of nitrogens with one attached hydrogen (secondary N) is 1. The third-order valence-electron chi connectivity index (χ3n) is 1.53. The number of benzene rings is 1. The van der Waals surface area contributed by atoms with Crippen molar-refractivity contribution in [3.05, 3.63) is 42.3 Å².